The summed E-state index contributed by atoms with van der Waals surface area (Å²) in [5.41, 5.74) is 2.43. The van der Waals surface area contributed by atoms with Gasteiger partial charge in [0.15, 0.2) is 0 Å². The van der Waals surface area contributed by atoms with E-state index >= 15 is 4.11 Å². The number of ether oxygens (including phenoxy) is 2. The van der Waals surface area contributed by atoms with Gasteiger partial charge in [-0.1, -0.05) is 31.2 Å². The van der Waals surface area contributed by atoms with Gasteiger partial charge in [-0.2, -0.15) is 0 Å². The fraction of sp³-hybridized carbons (Fsp3) is 0.438. The number of methoxy groups -OCH3 is 1. The number of likely N-dealkylation sites (tertiary alicyclic amines) is 1. The standard InChI is InChI=1S/C32H37FN2O5Si/c1-19-30(39-2)24-16-21(35-25-12-6-9-20-8-5-11-23(29(20)25)32(35)38)13-14-26(24)40-31(19)27(41(3,4)33)17-28(37)34-15-7-10-22(34)18-36/h5-6,8-9,11-14,16,19,22,27,30-31,36H,7,10,15,17-18H2,1-4H3/t19-,22+,27?,30-,31-/m1/s1. The molecule has 3 aromatic rings. The molecule has 41 heavy (non-hydrogen) atoms. The molecule has 0 radical (unpaired) electrons. The van der Waals surface area contributed by atoms with Gasteiger partial charge in [0.25, 0.3) is 5.91 Å². The molecule has 0 saturated carbocycles. The maximum atomic E-state index is 15.9. The first-order chi connectivity index (χ1) is 19.6. The molecule has 3 aliphatic heterocycles. The zero-order chi connectivity index (χ0) is 29.1. The molecular formula is C32H37FN2O5Si. The minimum atomic E-state index is -3.37. The number of carbonyl (C=O) groups excluding carboxylic acids is 2. The summed E-state index contributed by atoms with van der Waals surface area (Å²) < 4.78 is 28.5. The van der Waals surface area contributed by atoms with Crippen molar-refractivity contribution >= 4 is 42.4 Å². The molecule has 0 aliphatic carbocycles. The molecular weight excluding hydrogens is 539 g/mol. The summed E-state index contributed by atoms with van der Waals surface area (Å²) in [7, 11) is -1.74. The van der Waals surface area contributed by atoms with Crippen LogP contribution in [0.1, 0.15) is 48.2 Å². The Morgan fingerprint density at radius 3 is 2.66 bits per heavy atom. The second kappa shape index (κ2) is 10.5. The number of aliphatic hydroxyl groups excluding tert-OH is 1. The van der Waals surface area contributed by atoms with Crippen molar-refractivity contribution in [2.24, 2.45) is 5.92 Å². The Labute approximate surface area is 241 Å². The summed E-state index contributed by atoms with van der Waals surface area (Å²) in [4.78, 5) is 30.3. The summed E-state index contributed by atoms with van der Waals surface area (Å²) in [6.07, 6.45) is 0.672. The van der Waals surface area contributed by atoms with E-state index in [1.165, 1.54) is 0 Å². The summed E-state index contributed by atoms with van der Waals surface area (Å²) in [6.45, 7) is 5.75. The van der Waals surface area contributed by atoms with Crippen LogP contribution in [0.2, 0.25) is 18.6 Å². The second-order valence-corrected chi connectivity index (χ2v) is 16.0. The lowest BCUT2D eigenvalue weighted by Crippen LogP contribution is -2.48. The quantitative estimate of drug-likeness (QED) is 0.270. The molecule has 1 unspecified atom stereocenters. The van der Waals surface area contributed by atoms with Crippen molar-refractivity contribution in [2.75, 3.05) is 25.2 Å². The molecule has 3 heterocycles. The van der Waals surface area contributed by atoms with Gasteiger partial charge in [-0.3, -0.25) is 14.5 Å². The van der Waals surface area contributed by atoms with Crippen molar-refractivity contribution < 1.29 is 28.3 Å². The molecule has 1 N–H and O–H groups in total. The Balaban J connectivity index is 1.33. The van der Waals surface area contributed by atoms with E-state index < -0.39 is 26.2 Å². The number of hydrogen-bond acceptors (Lipinski definition) is 5. The van der Waals surface area contributed by atoms with E-state index in [1.807, 2.05) is 61.5 Å². The summed E-state index contributed by atoms with van der Waals surface area (Å²) in [5, 5.41) is 11.7. The fourth-order valence-electron chi connectivity index (χ4n) is 7.08. The number of anilines is 2. The fourth-order valence-corrected chi connectivity index (χ4v) is 8.90. The lowest BCUT2D eigenvalue weighted by Gasteiger charge is -2.43. The van der Waals surface area contributed by atoms with Crippen LogP contribution >= 0.6 is 0 Å². The van der Waals surface area contributed by atoms with Crippen molar-refractivity contribution in [3.8, 4) is 5.75 Å². The molecule has 1 saturated heterocycles. The van der Waals surface area contributed by atoms with Crippen molar-refractivity contribution in [1.29, 1.82) is 0 Å². The van der Waals surface area contributed by atoms with Gasteiger partial charge in [-0.15, -0.1) is 0 Å². The smallest absolute Gasteiger partial charge is 0.263 e. The van der Waals surface area contributed by atoms with E-state index in [-0.39, 0.29) is 36.8 Å². The number of aliphatic hydroxyl groups is 1. The predicted octanol–water partition coefficient (Wildman–Crippen LogP) is 6.13. The van der Waals surface area contributed by atoms with Gasteiger partial charge in [0.05, 0.1) is 30.0 Å². The number of rotatable bonds is 7. The topological polar surface area (TPSA) is 79.3 Å². The van der Waals surface area contributed by atoms with Gasteiger partial charge >= 0.3 is 0 Å². The van der Waals surface area contributed by atoms with Crippen LogP contribution in [0.25, 0.3) is 10.8 Å². The van der Waals surface area contributed by atoms with Gasteiger partial charge in [-0.05, 0) is 61.7 Å². The first-order valence-corrected chi connectivity index (χ1v) is 17.4. The maximum absolute atomic E-state index is 15.9. The SMILES string of the molecule is CO[C@H]1c2cc(N3C(=O)c4cccc5cccc3c45)ccc2O[C@@H](C(CC(=O)N2CCC[C@H]2CO)[Si](C)(C)F)[C@@H]1C. The van der Waals surface area contributed by atoms with Crippen molar-refractivity contribution in [1.82, 2.24) is 4.90 Å². The van der Waals surface area contributed by atoms with Gasteiger partial charge in [-0.25, -0.2) is 0 Å². The molecule has 216 valence electrons. The van der Waals surface area contributed by atoms with Crippen molar-refractivity contribution in [3.63, 3.8) is 0 Å². The van der Waals surface area contributed by atoms with Crippen molar-refractivity contribution in [3.05, 3.63) is 65.7 Å². The zero-order valence-electron chi connectivity index (χ0n) is 24.0. The molecule has 1 fully saturated rings. The first-order valence-electron chi connectivity index (χ1n) is 14.4. The van der Waals surface area contributed by atoms with E-state index in [9.17, 15) is 14.7 Å². The average molecular weight is 577 g/mol. The van der Waals surface area contributed by atoms with Crippen LogP contribution in [0.4, 0.5) is 15.5 Å². The van der Waals surface area contributed by atoms with Crippen LogP contribution in [0, 0.1) is 5.92 Å². The lowest BCUT2D eigenvalue weighted by atomic mass is 9.86. The maximum Gasteiger partial charge on any atom is 0.263 e. The zero-order valence-corrected chi connectivity index (χ0v) is 25.0. The van der Waals surface area contributed by atoms with E-state index in [2.05, 4.69) is 0 Å². The highest BCUT2D eigenvalue weighted by atomic mass is 28.4. The van der Waals surface area contributed by atoms with Crippen LogP contribution in [0.5, 0.6) is 5.75 Å². The Morgan fingerprint density at radius 1 is 1.20 bits per heavy atom. The third-order valence-corrected chi connectivity index (χ3v) is 11.5. The van der Waals surface area contributed by atoms with Crippen LogP contribution in [0.15, 0.2) is 54.6 Å². The number of hydrogen-bond donors (Lipinski definition) is 1. The van der Waals surface area contributed by atoms with Crippen LogP contribution in [-0.2, 0) is 9.53 Å². The summed E-state index contributed by atoms with van der Waals surface area (Å²) in [5.74, 6) is 0.124. The van der Waals surface area contributed by atoms with Gasteiger partial charge in [0.2, 0.25) is 14.3 Å². The molecule has 2 amide bonds. The number of fused-ring (bicyclic) bond motifs is 1. The summed E-state index contributed by atoms with van der Waals surface area (Å²) in [6, 6.07) is 17.1. The molecule has 6 rings (SSSR count). The third kappa shape index (κ3) is 4.64. The van der Waals surface area contributed by atoms with E-state index in [1.54, 1.807) is 30.0 Å². The molecule has 7 nitrogen and oxygen atoms in total. The molecule has 0 bridgehead atoms. The van der Waals surface area contributed by atoms with E-state index in [4.69, 9.17) is 9.47 Å². The molecule has 3 aliphatic rings. The Hall–Kier alpha value is -3.27. The minimum Gasteiger partial charge on any atom is -0.490 e. The molecule has 0 aromatic heterocycles. The normalized spacial score (nSPS) is 24.5. The predicted molar refractivity (Wildman–Crippen MR) is 159 cm³/mol. The monoisotopic (exact) mass is 576 g/mol. The second-order valence-electron chi connectivity index (χ2n) is 12.1. The minimum absolute atomic E-state index is 0.0373. The highest BCUT2D eigenvalue weighted by Gasteiger charge is 2.49. The third-order valence-electron chi connectivity index (χ3n) is 9.21. The van der Waals surface area contributed by atoms with E-state index in [0.29, 0.717) is 23.5 Å². The molecule has 3 aromatic carbocycles. The number of nitrogens with zero attached hydrogens (tertiary/aromatic N) is 2. The highest BCUT2D eigenvalue weighted by Crippen LogP contribution is 2.50. The molecule has 5 atom stereocenters. The van der Waals surface area contributed by atoms with Crippen molar-refractivity contribution in [2.45, 2.75) is 63.1 Å². The Bertz CT molecular complexity index is 1500. The highest BCUT2D eigenvalue weighted by molar-refractivity contribution is 6.72. The lowest BCUT2D eigenvalue weighted by molar-refractivity contribution is -0.133. The van der Waals surface area contributed by atoms with Gasteiger partial charge < -0.3 is 23.6 Å². The van der Waals surface area contributed by atoms with Crippen LogP contribution in [0.3, 0.4) is 0 Å². The van der Waals surface area contributed by atoms with Gasteiger partial charge in [0.1, 0.15) is 11.9 Å². The number of halogens is 1. The largest absolute Gasteiger partial charge is 0.490 e. The number of amides is 2. The Kier molecular flexibility index (Phi) is 7.16. The average Bonchev–Trinajstić information content (AvgIpc) is 3.55. The Morgan fingerprint density at radius 2 is 1.95 bits per heavy atom. The molecule has 9 heteroatoms. The molecule has 0 spiro atoms. The van der Waals surface area contributed by atoms with E-state index in [0.717, 1.165) is 34.9 Å². The number of carbonyl (C=O) groups is 2. The van der Waals surface area contributed by atoms with Gasteiger partial charge in [0, 0.05) is 48.2 Å². The summed E-state index contributed by atoms with van der Waals surface area (Å²) >= 11 is 0. The van der Waals surface area contributed by atoms with Crippen LogP contribution < -0.4 is 9.64 Å². The van der Waals surface area contributed by atoms with Crippen LogP contribution in [-0.4, -0.2) is 62.6 Å². The first kappa shape index (κ1) is 27.9. The number of benzene rings is 3.